The molecule has 0 amide bonds. The van der Waals surface area contributed by atoms with Crippen LogP contribution in [0.15, 0.2) is 23.1 Å². The third-order valence-electron chi connectivity index (χ3n) is 1.80. The van der Waals surface area contributed by atoms with Crippen molar-refractivity contribution in [3.05, 3.63) is 29.8 Å². The Kier molecular flexibility index (Phi) is 3.76. The fourth-order valence-corrected chi connectivity index (χ4v) is 2.47. The summed E-state index contributed by atoms with van der Waals surface area (Å²) in [5.41, 5.74) is 0. The van der Waals surface area contributed by atoms with Gasteiger partial charge in [0.25, 0.3) is 0 Å². The molecule has 0 aliphatic heterocycles. The topological polar surface area (TPSA) is 54.4 Å². The predicted molar refractivity (Wildman–Crippen MR) is 50.1 cm³/mol. The summed E-state index contributed by atoms with van der Waals surface area (Å²) in [6.45, 7) is -0.309. The van der Waals surface area contributed by atoms with Crippen LogP contribution in [-0.4, -0.2) is 25.9 Å². The summed E-state index contributed by atoms with van der Waals surface area (Å²) in [5, 5.41) is 8.47. The van der Waals surface area contributed by atoms with Gasteiger partial charge in [0.15, 0.2) is 9.84 Å². The molecule has 1 rings (SSSR count). The van der Waals surface area contributed by atoms with Gasteiger partial charge in [-0.3, -0.25) is 0 Å². The molecule has 0 saturated carbocycles. The minimum absolute atomic E-state index is 0.00170. The van der Waals surface area contributed by atoms with E-state index in [2.05, 4.69) is 0 Å². The van der Waals surface area contributed by atoms with Crippen LogP contribution in [0.2, 0.25) is 0 Å². The van der Waals surface area contributed by atoms with E-state index in [1.54, 1.807) is 0 Å². The second kappa shape index (κ2) is 4.67. The molecule has 1 aromatic carbocycles. The molecule has 0 unspecified atom stereocenters. The molecule has 1 N–H and O–H groups in total. The summed E-state index contributed by atoms with van der Waals surface area (Å²) in [7, 11) is -3.85. The highest BCUT2D eigenvalue weighted by molar-refractivity contribution is 7.91. The van der Waals surface area contributed by atoms with Crippen LogP contribution in [0, 0.1) is 11.6 Å². The fourth-order valence-electron chi connectivity index (χ4n) is 1.08. The number of hydrogen-bond acceptors (Lipinski definition) is 3. The summed E-state index contributed by atoms with van der Waals surface area (Å²) in [6, 6.07) is 2.25. The molecule has 1 aromatic rings. The second-order valence-corrected chi connectivity index (χ2v) is 5.05. The molecule has 0 saturated heterocycles. The summed E-state index contributed by atoms with van der Waals surface area (Å²) >= 11 is 0. The van der Waals surface area contributed by atoms with Crippen molar-refractivity contribution in [2.24, 2.45) is 0 Å². The van der Waals surface area contributed by atoms with Crippen molar-refractivity contribution in [3.8, 4) is 0 Å². The Labute approximate surface area is 86.3 Å². The van der Waals surface area contributed by atoms with Gasteiger partial charge in [0, 0.05) is 6.61 Å². The molecule has 84 valence electrons. The molecule has 0 aromatic heterocycles. The van der Waals surface area contributed by atoms with Crippen LogP contribution in [0.1, 0.15) is 6.42 Å². The Morgan fingerprint density at radius 1 is 1.27 bits per heavy atom. The second-order valence-electron chi connectivity index (χ2n) is 2.97. The van der Waals surface area contributed by atoms with E-state index in [4.69, 9.17) is 5.11 Å². The quantitative estimate of drug-likeness (QED) is 0.852. The minimum atomic E-state index is -3.85. The van der Waals surface area contributed by atoms with Gasteiger partial charge in [-0.05, 0) is 24.6 Å². The van der Waals surface area contributed by atoms with Crippen LogP contribution < -0.4 is 0 Å². The average molecular weight is 236 g/mol. The monoisotopic (exact) mass is 236 g/mol. The first-order valence-corrected chi connectivity index (χ1v) is 5.91. The Balaban J connectivity index is 3.09. The maximum absolute atomic E-state index is 13.1. The number of sulfone groups is 1. The molecule has 0 fully saturated rings. The Morgan fingerprint density at radius 3 is 2.53 bits per heavy atom. The normalized spacial score (nSPS) is 11.7. The summed E-state index contributed by atoms with van der Waals surface area (Å²) in [6.07, 6.45) is -0.00170. The number of benzene rings is 1. The molecular weight excluding hydrogens is 226 g/mol. The van der Waals surface area contributed by atoms with Gasteiger partial charge in [0.1, 0.15) is 16.5 Å². The van der Waals surface area contributed by atoms with Gasteiger partial charge in [-0.25, -0.2) is 17.2 Å². The van der Waals surface area contributed by atoms with Gasteiger partial charge in [-0.2, -0.15) is 0 Å². The van der Waals surface area contributed by atoms with E-state index >= 15 is 0 Å². The molecule has 0 radical (unpaired) electrons. The van der Waals surface area contributed by atoms with Gasteiger partial charge in [0.05, 0.1) is 5.75 Å². The number of rotatable bonds is 4. The molecular formula is C9H10F2O3S. The zero-order valence-electron chi connectivity index (χ0n) is 7.78. The van der Waals surface area contributed by atoms with E-state index in [1.165, 1.54) is 0 Å². The van der Waals surface area contributed by atoms with Crippen molar-refractivity contribution in [2.75, 3.05) is 12.4 Å². The van der Waals surface area contributed by atoms with Crippen molar-refractivity contribution < 1.29 is 22.3 Å². The number of aliphatic hydroxyl groups excluding tert-OH is 1. The van der Waals surface area contributed by atoms with E-state index in [0.717, 1.165) is 12.1 Å². The maximum atomic E-state index is 13.1. The highest BCUT2D eigenvalue weighted by Gasteiger charge is 2.19. The predicted octanol–water partition coefficient (Wildman–Crippen LogP) is 1.12. The van der Waals surface area contributed by atoms with Gasteiger partial charge in [0.2, 0.25) is 0 Å². The smallest absolute Gasteiger partial charge is 0.181 e. The molecule has 0 bridgehead atoms. The third-order valence-corrected chi connectivity index (χ3v) is 3.61. The fraction of sp³-hybridized carbons (Fsp3) is 0.333. The number of aliphatic hydroxyl groups is 1. The maximum Gasteiger partial charge on any atom is 0.181 e. The lowest BCUT2D eigenvalue weighted by atomic mass is 10.3. The Hall–Kier alpha value is -1.01. The van der Waals surface area contributed by atoms with Crippen molar-refractivity contribution in [2.45, 2.75) is 11.3 Å². The van der Waals surface area contributed by atoms with Gasteiger partial charge >= 0.3 is 0 Å². The molecule has 15 heavy (non-hydrogen) atoms. The van der Waals surface area contributed by atoms with Crippen LogP contribution in [0.5, 0.6) is 0 Å². The SMILES string of the molecule is O=S(=O)(CCCO)c1cc(F)ccc1F. The molecule has 0 aliphatic rings. The van der Waals surface area contributed by atoms with Crippen molar-refractivity contribution in [1.82, 2.24) is 0 Å². The highest BCUT2D eigenvalue weighted by atomic mass is 32.2. The first-order valence-electron chi connectivity index (χ1n) is 4.26. The van der Waals surface area contributed by atoms with Gasteiger partial charge < -0.3 is 5.11 Å². The lowest BCUT2D eigenvalue weighted by Crippen LogP contribution is -2.10. The summed E-state index contributed by atoms with van der Waals surface area (Å²) in [4.78, 5) is -0.657. The summed E-state index contributed by atoms with van der Waals surface area (Å²) in [5.74, 6) is -2.18. The molecule has 3 nitrogen and oxygen atoms in total. The Morgan fingerprint density at radius 2 is 1.93 bits per heavy atom. The van der Waals surface area contributed by atoms with Crippen LogP contribution in [0.25, 0.3) is 0 Å². The standard InChI is InChI=1S/C9H10F2O3S/c10-7-2-3-8(11)9(6-7)15(13,14)5-1-4-12/h2-3,6,12H,1,4-5H2. The zero-order valence-corrected chi connectivity index (χ0v) is 8.60. The first kappa shape index (κ1) is 12.1. The van der Waals surface area contributed by atoms with Crippen LogP contribution in [0.3, 0.4) is 0 Å². The number of halogens is 2. The van der Waals surface area contributed by atoms with Gasteiger partial charge in [-0.15, -0.1) is 0 Å². The first-order chi connectivity index (χ1) is 6.97. The molecule has 0 aliphatic carbocycles. The molecule has 0 spiro atoms. The summed E-state index contributed by atoms with van der Waals surface area (Å²) < 4.78 is 48.7. The van der Waals surface area contributed by atoms with Crippen molar-refractivity contribution >= 4 is 9.84 Å². The Bertz CT molecular complexity index is 443. The van der Waals surface area contributed by atoms with Crippen LogP contribution >= 0.6 is 0 Å². The van der Waals surface area contributed by atoms with E-state index in [9.17, 15) is 17.2 Å². The van der Waals surface area contributed by atoms with Crippen LogP contribution in [0.4, 0.5) is 8.78 Å². The third kappa shape index (κ3) is 2.97. The largest absolute Gasteiger partial charge is 0.396 e. The average Bonchev–Trinajstić information content (AvgIpc) is 2.18. The van der Waals surface area contributed by atoms with E-state index in [-0.39, 0.29) is 13.0 Å². The number of hydrogen-bond donors (Lipinski definition) is 1. The molecule has 0 atom stereocenters. The van der Waals surface area contributed by atoms with Crippen molar-refractivity contribution in [1.29, 1.82) is 0 Å². The molecule has 0 heterocycles. The van der Waals surface area contributed by atoms with E-state index < -0.39 is 32.1 Å². The van der Waals surface area contributed by atoms with Crippen molar-refractivity contribution in [3.63, 3.8) is 0 Å². The lowest BCUT2D eigenvalue weighted by molar-refractivity contribution is 0.295. The van der Waals surface area contributed by atoms with Gasteiger partial charge in [-0.1, -0.05) is 0 Å². The van der Waals surface area contributed by atoms with E-state index in [0.29, 0.717) is 6.07 Å². The minimum Gasteiger partial charge on any atom is -0.396 e. The van der Waals surface area contributed by atoms with E-state index in [1.807, 2.05) is 0 Å². The lowest BCUT2D eigenvalue weighted by Gasteiger charge is -2.04. The highest BCUT2D eigenvalue weighted by Crippen LogP contribution is 2.17. The zero-order chi connectivity index (χ0) is 11.5. The molecule has 6 heteroatoms. The van der Waals surface area contributed by atoms with Crippen LogP contribution in [-0.2, 0) is 9.84 Å².